The lowest BCUT2D eigenvalue weighted by Crippen LogP contribution is -2.23. The molecule has 6 nitrogen and oxygen atoms in total. The maximum Gasteiger partial charge on any atom is 0.244 e. The Morgan fingerprint density at radius 2 is 1.81 bits per heavy atom. The van der Waals surface area contributed by atoms with Crippen LogP contribution < -0.4 is 15.5 Å². The summed E-state index contributed by atoms with van der Waals surface area (Å²) in [6.07, 6.45) is 0.235. The van der Waals surface area contributed by atoms with E-state index in [9.17, 15) is 9.59 Å². The fourth-order valence-corrected chi connectivity index (χ4v) is 2.50. The summed E-state index contributed by atoms with van der Waals surface area (Å²) in [4.78, 5) is 24.1. The molecule has 2 rings (SSSR count). The van der Waals surface area contributed by atoms with Crippen LogP contribution in [0.3, 0.4) is 0 Å². The first kappa shape index (κ1) is 20.5. The number of methoxy groups -OCH3 is 1. The summed E-state index contributed by atoms with van der Waals surface area (Å²) in [6, 6.07) is 12.5. The molecule has 0 radical (unpaired) electrons. The molecule has 0 heterocycles. The van der Waals surface area contributed by atoms with Crippen molar-refractivity contribution in [2.24, 2.45) is 5.10 Å². The summed E-state index contributed by atoms with van der Waals surface area (Å²) in [5, 5.41) is 7.39. The third-order valence-electron chi connectivity index (χ3n) is 3.69. The van der Waals surface area contributed by atoms with Crippen LogP contribution in [0.15, 0.2) is 47.6 Å². The summed E-state index contributed by atoms with van der Waals surface area (Å²) < 4.78 is 5.24. The smallest absolute Gasteiger partial charge is 0.244 e. The van der Waals surface area contributed by atoms with Gasteiger partial charge < -0.3 is 10.1 Å². The number of nitrogens with one attached hydrogen (secondary N) is 2. The number of nitrogens with zero attached hydrogens (tertiary/aromatic N) is 1. The van der Waals surface area contributed by atoms with Gasteiger partial charge in [-0.25, -0.2) is 5.43 Å². The fourth-order valence-electron chi connectivity index (χ4n) is 2.37. The molecule has 142 valence electrons. The van der Waals surface area contributed by atoms with E-state index in [0.717, 1.165) is 11.1 Å². The van der Waals surface area contributed by atoms with Crippen LogP contribution >= 0.6 is 11.6 Å². The molecule has 0 saturated carbocycles. The lowest BCUT2D eigenvalue weighted by molar-refractivity contribution is -0.120. The van der Waals surface area contributed by atoms with Gasteiger partial charge in [-0.05, 0) is 49.2 Å². The van der Waals surface area contributed by atoms with Gasteiger partial charge in [0.05, 0.1) is 25.6 Å². The number of hydrogen-bond donors (Lipinski definition) is 2. The van der Waals surface area contributed by atoms with Gasteiger partial charge in [0.2, 0.25) is 11.8 Å². The minimum atomic E-state index is -0.266. The van der Waals surface area contributed by atoms with Gasteiger partial charge in [-0.3, -0.25) is 9.59 Å². The van der Waals surface area contributed by atoms with Crippen molar-refractivity contribution >= 4 is 34.8 Å². The van der Waals surface area contributed by atoms with Gasteiger partial charge in [-0.2, -0.15) is 5.10 Å². The van der Waals surface area contributed by atoms with Gasteiger partial charge in [-0.1, -0.05) is 29.8 Å². The van der Waals surface area contributed by atoms with E-state index in [-0.39, 0.29) is 24.7 Å². The number of amides is 2. The van der Waals surface area contributed by atoms with Crippen LogP contribution in [-0.2, 0) is 16.0 Å². The number of anilines is 1. The number of hydrazone groups is 1. The summed E-state index contributed by atoms with van der Waals surface area (Å²) in [5.74, 6) is 0.0735. The van der Waals surface area contributed by atoms with Gasteiger partial charge in [0.1, 0.15) is 5.75 Å². The summed E-state index contributed by atoms with van der Waals surface area (Å²) in [5.41, 5.74) is 5.38. The number of rotatable bonds is 7. The van der Waals surface area contributed by atoms with Crippen LogP contribution in [0.4, 0.5) is 5.69 Å². The largest absolute Gasteiger partial charge is 0.495 e. The van der Waals surface area contributed by atoms with E-state index < -0.39 is 0 Å². The molecule has 0 aliphatic heterocycles. The van der Waals surface area contributed by atoms with E-state index in [1.54, 1.807) is 44.4 Å². The molecule has 27 heavy (non-hydrogen) atoms. The number of aryl methyl sites for hydroxylation is 1. The van der Waals surface area contributed by atoms with Crippen molar-refractivity contribution in [2.75, 3.05) is 12.4 Å². The van der Waals surface area contributed by atoms with E-state index in [1.165, 1.54) is 0 Å². The van der Waals surface area contributed by atoms with Gasteiger partial charge >= 0.3 is 0 Å². The summed E-state index contributed by atoms with van der Waals surface area (Å²) >= 11 is 5.82. The maximum absolute atomic E-state index is 12.2. The molecule has 0 spiro atoms. The SMILES string of the molecule is COc1ccc(C)cc1NC(=O)C/C(C)=N/NC(=O)Cc1ccc(Cl)cc1. The zero-order chi connectivity index (χ0) is 19.8. The van der Waals surface area contributed by atoms with Crippen LogP contribution in [-0.4, -0.2) is 24.6 Å². The zero-order valence-corrected chi connectivity index (χ0v) is 16.3. The molecule has 0 aliphatic carbocycles. The Labute approximate surface area is 163 Å². The van der Waals surface area contributed by atoms with Crippen LogP contribution in [0.2, 0.25) is 5.02 Å². The van der Waals surface area contributed by atoms with Gasteiger partial charge in [0, 0.05) is 10.7 Å². The number of carbonyl (C=O) groups excluding carboxylic acids is 2. The van der Waals surface area contributed by atoms with Crippen molar-refractivity contribution in [3.63, 3.8) is 0 Å². The maximum atomic E-state index is 12.2. The van der Waals surface area contributed by atoms with Crippen molar-refractivity contribution in [2.45, 2.75) is 26.7 Å². The summed E-state index contributed by atoms with van der Waals surface area (Å²) in [7, 11) is 1.54. The molecule has 0 aromatic heterocycles. The second-order valence-electron chi connectivity index (χ2n) is 6.11. The molecule has 2 aromatic carbocycles. The predicted molar refractivity (Wildman–Crippen MR) is 107 cm³/mol. The molecule has 2 N–H and O–H groups in total. The minimum Gasteiger partial charge on any atom is -0.495 e. The second kappa shape index (κ2) is 9.73. The van der Waals surface area contributed by atoms with Gasteiger partial charge in [-0.15, -0.1) is 0 Å². The Morgan fingerprint density at radius 1 is 1.11 bits per heavy atom. The molecule has 2 aromatic rings. The van der Waals surface area contributed by atoms with Crippen molar-refractivity contribution in [1.29, 1.82) is 0 Å². The van der Waals surface area contributed by atoms with Crippen molar-refractivity contribution < 1.29 is 14.3 Å². The molecule has 0 atom stereocenters. The Hall–Kier alpha value is -2.86. The van der Waals surface area contributed by atoms with Crippen LogP contribution in [0, 0.1) is 6.92 Å². The Balaban J connectivity index is 1.87. The van der Waals surface area contributed by atoms with E-state index in [2.05, 4.69) is 15.8 Å². The molecule has 7 heteroatoms. The number of hydrogen-bond acceptors (Lipinski definition) is 4. The Morgan fingerprint density at radius 3 is 2.48 bits per heavy atom. The first-order valence-electron chi connectivity index (χ1n) is 8.38. The van der Waals surface area contributed by atoms with Gasteiger partial charge in [0.25, 0.3) is 0 Å². The molecule has 0 unspecified atom stereocenters. The normalized spacial score (nSPS) is 11.0. The lowest BCUT2D eigenvalue weighted by Gasteiger charge is -2.11. The van der Waals surface area contributed by atoms with Crippen LogP contribution in [0.5, 0.6) is 5.75 Å². The second-order valence-corrected chi connectivity index (χ2v) is 6.55. The van der Waals surface area contributed by atoms with Crippen molar-refractivity contribution in [3.05, 3.63) is 58.6 Å². The number of benzene rings is 2. The third kappa shape index (κ3) is 6.75. The van der Waals surface area contributed by atoms with Gasteiger partial charge in [0.15, 0.2) is 0 Å². The minimum absolute atomic E-state index is 0.0539. The highest BCUT2D eigenvalue weighted by Gasteiger charge is 2.10. The Bertz CT molecular complexity index is 848. The number of carbonyl (C=O) groups is 2. The Kier molecular flexibility index (Phi) is 7.37. The highest BCUT2D eigenvalue weighted by Crippen LogP contribution is 2.25. The van der Waals surface area contributed by atoms with E-state index in [4.69, 9.17) is 16.3 Å². The first-order chi connectivity index (χ1) is 12.9. The van der Waals surface area contributed by atoms with E-state index >= 15 is 0 Å². The first-order valence-corrected chi connectivity index (χ1v) is 8.76. The average molecular weight is 388 g/mol. The monoisotopic (exact) mass is 387 g/mol. The van der Waals surface area contributed by atoms with Crippen molar-refractivity contribution in [3.8, 4) is 5.75 Å². The standard InChI is InChI=1S/C20H22ClN3O3/c1-13-4-9-18(27-3)17(10-13)22-19(25)11-14(2)23-24-20(26)12-15-5-7-16(21)8-6-15/h4-10H,11-12H2,1-3H3,(H,22,25)(H,24,26)/b23-14+. The molecular weight excluding hydrogens is 366 g/mol. The molecule has 0 bridgehead atoms. The molecule has 0 aliphatic rings. The molecular formula is C20H22ClN3O3. The lowest BCUT2D eigenvalue weighted by atomic mass is 10.1. The molecule has 2 amide bonds. The quantitative estimate of drug-likeness (QED) is 0.561. The number of halogens is 1. The number of ether oxygens (including phenoxy) is 1. The van der Waals surface area contributed by atoms with E-state index in [1.807, 2.05) is 19.1 Å². The average Bonchev–Trinajstić information content (AvgIpc) is 2.62. The highest BCUT2D eigenvalue weighted by atomic mass is 35.5. The van der Waals surface area contributed by atoms with Crippen LogP contribution in [0.1, 0.15) is 24.5 Å². The molecule has 0 fully saturated rings. The highest BCUT2D eigenvalue weighted by molar-refractivity contribution is 6.30. The summed E-state index contributed by atoms with van der Waals surface area (Å²) in [6.45, 7) is 3.60. The molecule has 0 saturated heterocycles. The van der Waals surface area contributed by atoms with Crippen molar-refractivity contribution in [1.82, 2.24) is 5.43 Å². The predicted octanol–water partition coefficient (Wildman–Crippen LogP) is 3.72. The zero-order valence-electron chi connectivity index (χ0n) is 15.5. The third-order valence-corrected chi connectivity index (χ3v) is 3.95. The fraction of sp³-hybridized carbons (Fsp3) is 0.250. The van der Waals surface area contributed by atoms with Crippen LogP contribution in [0.25, 0.3) is 0 Å². The topological polar surface area (TPSA) is 79.8 Å². The van der Waals surface area contributed by atoms with E-state index in [0.29, 0.717) is 22.2 Å².